The van der Waals surface area contributed by atoms with Crippen molar-refractivity contribution in [2.24, 2.45) is 0 Å². The third kappa shape index (κ3) is 2.30. The first kappa shape index (κ1) is 11.4. The molecule has 0 spiro atoms. The van der Waals surface area contributed by atoms with E-state index in [-0.39, 0.29) is 0 Å². The summed E-state index contributed by atoms with van der Waals surface area (Å²) < 4.78 is 5.66. The van der Waals surface area contributed by atoms with Gasteiger partial charge in [-0.15, -0.1) is 16.7 Å². The zero-order valence-electron chi connectivity index (χ0n) is 9.34. The second kappa shape index (κ2) is 4.92. The minimum atomic E-state index is 0.360. The Morgan fingerprint density at radius 1 is 1.06 bits per heavy atom. The largest absolute Gasteiger partial charge is 0.430 e. The van der Waals surface area contributed by atoms with E-state index in [1.54, 1.807) is 0 Å². The van der Waals surface area contributed by atoms with Crippen LogP contribution in [-0.2, 0) is 5.88 Å². The van der Waals surface area contributed by atoms with Gasteiger partial charge < -0.3 is 4.74 Å². The molecule has 0 unspecified atom stereocenters. The van der Waals surface area contributed by atoms with E-state index in [0.29, 0.717) is 11.1 Å². The molecule has 5 heteroatoms. The molecule has 0 aliphatic carbocycles. The molecule has 0 radical (unpaired) electrons. The zero-order chi connectivity index (χ0) is 12.4. The fourth-order valence-corrected chi connectivity index (χ4v) is 2.44. The van der Waals surface area contributed by atoms with E-state index in [2.05, 4.69) is 16.3 Å². The molecule has 0 fully saturated rings. The number of aromatic nitrogens is 2. The SMILES string of the molecule is ClCc1nnc(Oc2ccc3ccccc3c2)s1. The van der Waals surface area contributed by atoms with E-state index in [0.717, 1.165) is 16.1 Å². The normalized spacial score (nSPS) is 10.7. The third-order valence-corrected chi connectivity index (χ3v) is 3.70. The topological polar surface area (TPSA) is 35.0 Å². The van der Waals surface area contributed by atoms with Gasteiger partial charge in [-0.1, -0.05) is 46.8 Å². The highest BCUT2D eigenvalue weighted by Crippen LogP contribution is 2.28. The molecule has 3 rings (SSSR count). The van der Waals surface area contributed by atoms with Crippen molar-refractivity contribution < 1.29 is 4.74 Å². The summed E-state index contributed by atoms with van der Waals surface area (Å²) in [6, 6.07) is 14.1. The second-order valence-electron chi connectivity index (χ2n) is 3.71. The van der Waals surface area contributed by atoms with Crippen LogP contribution in [-0.4, -0.2) is 10.2 Å². The van der Waals surface area contributed by atoms with Gasteiger partial charge in [0.1, 0.15) is 10.8 Å². The molecular formula is C13H9ClN2OS. The zero-order valence-corrected chi connectivity index (χ0v) is 10.9. The minimum Gasteiger partial charge on any atom is -0.430 e. The van der Waals surface area contributed by atoms with Gasteiger partial charge >= 0.3 is 0 Å². The number of rotatable bonds is 3. The van der Waals surface area contributed by atoms with Crippen LogP contribution in [0, 0.1) is 0 Å². The molecule has 1 heterocycles. The Kier molecular flexibility index (Phi) is 3.13. The Hall–Kier alpha value is -1.65. The highest BCUT2D eigenvalue weighted by atomic mass is 35.5. The smallest absolute Gasteiger partial charge is 0.299 e. The van der Waals surface area contributed by atoms with Crippen molar-refractivity contribution in [2.45, 2.75) is 5.88 Å². The van der Waals surface area contributed by atoms with Gasteiger partial charge in [-0.2, -0.15) is 0 Å². The number of nitrogens with zero attached hydrogens (tertiary/aromatic N) is 2. The summed E-state index contributed by atoms with van der Waals surface area (Å²) in [6.07, 6.45) is 0. The number of alkyl halides is 1. The molecular weight excluding hydrogens is 268 g/mol. The van der Waals surface area contributed by atoms with Crippen molar-refractivity contribution in [3.05, 3.63) is 47.5 Å². The number of hydrogen-bond acceptors (Lipinski definition) is 4. The average molecular weight is 277 g/mol. The molecule has 0 saturated heterocycles. The summed E-state index contributed by atoms with van der Waals surface area (Å²) >= 11 is 7.03. The summed E-state index contributed by atoms with van der Waals surface area (Å²) in [6.45, 7) is 0. The first-order valence-electron chi connectivity index (χ1n) is 5.40. The summed E-state index contributed by atoms with van der Waals surface area (Å²) in [7, 11) is 0. The van der Waals surface area contributed by atoms with Crippen molar-refractivity contribution in [1.29, 1.82) is 0 Å². The fraction of sp³-hybridized carbons (Fsp3) is 0.0769. The van der Waals surface area contributed by atoms with Gasteiger partial charge in [0.25, 0.3) is 5.19 Å². The molecule has 0 N–H and O–H groups in total. The van der Waals surface area contributed by atoms with Gasteiger partial charge in [-0.05, 0) is 22.9 Å². The highest BCUT2D eigenvalue weighted by molar-refractivity contribution is 7.13. The molecule has 2 aromatic carbocycles. The maximum Gasteiger partial charge on any atom is 0.299 e. The Balaban J connectivity index is 1.90. The summed E-state index contributed by atoms with van der Waals surface area (Å²) in [5, 5.41) is 11.4. The van der Waals surface area contributed by atoms with Crippen molar-refractivity contribution in [2.75, 3.05) is 0 Å². The van der Waals surface area contributed by atoms with Crippen LogP contribution >= 0.6 is 22.9 Å². The second-order valence-corrected chi connectivity index (χ2v) is 5.00. The molecule has 0 bridgehead atoms. The number of hydrogen-bond donors (Lipinski definition) is 0. The monoisotopic (exact) mass is 276 g/mol. The highest BCUT2D eigenvalue weighted by Gasteiger charge is 2.05. The Morgan fingerprint density at radius 2 is 1.89 bits per heavy atom. The molecule has 0 atom stereocenters. The van der Waals surface area contributed by atoms with Crippen molar-refractivity contribution in [1.82, 2.24) is 10.2 Å². The summed E-state index contributed by atoms with van der Waals surface area (Å²) in [5.74, 6) is 1.12. The van der Waals surface area contributed by atoms with Crippen molar-refractivity contribution >= 4 is 33.7 Å². The quantitative estimate of drug-likeness (QED) is 0.672. The number of ether oxygens (including phenoxy) is 1. The number of halogens is 1. The fourth-order valence-electron chi connectivity index (χ4n) is 1.67. The van der Waals surface area contributed by atoms with Crippen LogP contribution in [0.3, 0.4) is 0 Å². The predicted octanol–water partition coefficient (Wildman–Crippen LogP) is 4.22. The standard InChI is InChI=1S/C13H9ClN2OS/c14-8-12-15-16-13(18-12)17-11-6-5-9-3-1-2-4-10(9)7-11/h1-7H,8H2. The molecule has 0 saturated carbocycles. The van der Waals surface area contributed by atoms with Crippen LogP contribution in [0.4, 0.5) is 0 Å². The lowest BCUT2D eigenvalue weighted by Crippen LogP contribution is -1.83. The molecule has 0 aliphatic heterocycles. The minimum absolute atomic E-state index is 0.360. The van der Waals surface area contributed by atoms with Crippen LogP contribution in [0.5, 0.6) is 10.9 Å². The number of benzene rings is 2. The van der Waals surface area contributed by atoms with E-state index >= 15 is 0 Å². The lowest BCUT2D eigenvalue weighted by molar-refractivity contribution is 0.474. The summed E-state index contributed by atoms with van der Waals surface area (Å²) in [5.41, 5.74) is 0. The van der Waals surface area contributed by atoms with Gasteiger partial charge in [0.05, 0.1) is 5.88 Å². The molecule has 18 heavy (non-hydrogen) atoms. The maximum absolute atomic E-state index is 5.67. The first-order chi connectivity index (χ1) is 8.85. The van der Waals surface area contributed by atoms with E-state index in [4.69, 9.17) is 16.3 Å². The van der Waals surface area contributed by atoms with Gasteiger partial charge in [0.15, 0.2) is 0 Å². The van der Waals surface area contributed by atoms with Gasteiger partial charge in [0, 0.05) is 0 Å². The first-order valence-corrected chi connectivity index (χ1v) is 6.75. The van der Waals surface area contributed by atoms with Gasteiger partial charge in [-0.3, -0.25) is 0 Å². The lowest BCUT2D eigenvalue weighted by atomic mass is 10.1. The molecule has 90 valence electrons. The van der Waals surface area contributed by atoms with Gasteiger partial charge in [-0.25, -0.2) is 0 Å². The number of fused-ring (bicyclic) bond motifs is 1. The molecule has 3 aromatic rings. The van der Waals surface area contributed by atoms with E-state index in [1.807, 2.05) is 36.4 Å². The maximum atomic E-state index is 5.67. The molecule has 3 nitrogen and oxygen atoms in total. The van der Waals surface area contributed by atoms with Crippen LogP contribution in [0.25, 0.3) is 10.8 Å². The van der Waals surface area contributed by atoms with Crippen LogP contribution in [0.15, 0.2) is 42.5 Å². The lowest BCUT2D eigenvalue weighted by Gasteiger charge is -2.02. The van der Waals surface area contributed by atoms with E-state index in [1.165, 1.54) is 16.7 Å². The van der Waals surface area contributed by atoms with Crippen molar-refractivity contribution in [3.63, 3.8) is 0 Å². The van der Waals surface area contributed by atoms with Crippen LogP contribution < -0.4 is 4.74 Å². The predicted molar refractivity (Wildman–Crippen MR) is 73.5 cm³/mol. The van der Waals surface area contributed by atoms with Crippen LogP contribution in [0.1, 0.15) is 5.01 Å². The molecule has 1 aromatic heterocycles. The van der Waals surface area contributed by atoms with E-state index < -0.39 is 0 Å². The van der Waals surface area contributed by atoms with E-state index in [9.17, 15) is 0 Å². The Bertz CT molecular complexity index is 683. The summed E-state index contributed by atoms with van der Waals surface area (Å²) in [4.78, 5) is 0. The molecule has 0 aliphatic rings. The van der Waals surface area contributed by atoms with Crippen molar-refractivity contribution in [3.8, 4) is 10.9 Å². The van der Waals surface area contributed by atoms with Crippen LogP contribution in [0.2, 0.25) is 0 Å². The Labute approximate surface area is 113 Å². The molecule has 0 amide bonds. The third-order valence-electron chi connectivity index (χ3n) is 2.49. The Morgan fingerprint density at radius 3 is 2.67 bits per heavy atom. The van der Waals surface area contributed by atoms with Gasteiger partial charge in [0.2, 0.25) is 0 Å². The average Bonchev–Trinajstić information content (AvgIpc) is 2.86.